The first kappa shape index (κ1) is 15.8. The lowest BCUT2D eigenvalue weighted by Gasteiger charge is -2.21. The van der Waals surface area contributed by atoms with Crippen molar-refractivity contribution < 1.29 is 9.59 Å². The lowest BCUT2D eigenvalue weighted by atomic mass is 10.1. The summed E-state index contributed by atoms with van der Waals surface area (Å²) in [4.78, 5) is 33.2. The monoisotopic (exact) mass is 335 g/mol. The van der Waals surface area contributed by atoms with Crippen LogP contribution in [0.1, 0.15) is 28.8 Å². The second-order valence-corrected chi connectivity index (χ2v) is 6.98. The molecule has 0 N–H and O–H groups in total. The number of anilines is 1. The van der Waals surface area contributed by atoms with Gasteiger partial charge in [0.1, 0.15) is 0 Å². The molecule has 2 amide bonds. The second kappa shape index (κ2) is 5.99. The maximum atomic E-state index is 12.9. The largest absolute Gasteiger partial charge is 0.332 e. The predicted octanol–water partition coefficient (Wildman–Crippen LogP) is 2.59. The summed E-state index contributed by atoms with van der Waals surface area (Å²) in [5.74, 6) is -0.197. The number of carbonyl (C=O) groups is 2. The molecule has 0 radical (unpaired) electrons. The van der Waals surface area contributed by atoms with Crippen LogP contribution in [0.15, 0.2) is 36.5 Å². The summed E-state index contributed by atoms with van der Waals surface area (Å²) in [6.07, 6.45) is 2.04. The van der Waals surface area contributed by atoms with Gasteiger partial charge in [0.2, 0.25) is 11.8 Å². The smallest absolute Gasteiger partial charge is 0.228 e. The van der Waals surface area contributed by atoms with Crippen LogP contribution in [0.25, 0.3) is 0 Å². The summed E-state index contributed by atoms with van der Waals surface area (Å²) in [6, 6.07) is 9.92. The van der Waals surface area contributed by atoms with E-state index in [0.29, 0.717) is 19.6 Å². The Morgan fingerprint density at radius 2 is 2.00 bits per heavy atom. The zero-order valence-electron chi connectivity index (χ0n) is 14.5. The topological polar surface area (TPSA) is 53.5 Å². The quantitative estimate of drug-likeness (QED) is 0.848. The minimum absolute atomic E-state index is 0.0245. The van der Waals surface area contributed by atoms with E-state index in [1.165, 1.54) is 5.56 Å². The van der Waals surface area contributed by atoms with Gasteiger partial charge in [-0.05, 0) is 48.7 Å². The summed E-state index contributed by atoms with van der Waals surface area (Å²) in [5.41, 5.74) is 5.30. The Bertz CT molecular complexity index is 837. The van der Waals surface area contributed by atoms with Crippen molar-refractivity contribution in [3.05, 3.63) is 58.9 Å². The number of hydrogen-bond donors (Lipinski definition) is 0. The molecule has 3 heterocycles. The van der Waals surface area contributed by atoms with Crippen LogP contribution in [-0.4, -0.2) is 28.2 Å². The molecular weight excluding hydrogens is 314 g/mol. The van der Waals surface area contributed by atoms with E-state index in [-0.39, 0.29) is 24.2 Å². The van der Waals surface area contributed by atoms with Gasteiger partial charge in [-0.25, -0.2) is 0 Å². The molecule has 2 aromatic rings. The third-order valence-electron chi connectivity index (χ3n) is 5.27. The molecule has 0 saturated carbocycles. The number of rotatable bonds is 2. The van der Waals surface area contributed by atoms with E-state index >= 15 is 0 Å². The number of benzene rings is 1. The SMILES string of the molecule is Cc1ccc(N2CC(C(=O)N3Cc4cccnc4C3)CC2=O)cc1C. The normalized spacial score (nSPS) is 19.4. The maximum absolute atomic E-state index is 12.9. The van der Waals surface area contributed by atoms with Gasteiger partial charge in [0.25, 0.3) is 0 Å². The van der Waals surface area contributed by atoms with Gasteiger partial charge in [-0.1, -0.05) is 12.1 Å². The number of nitrogens with zero attached hydrogens (tertiary/aromatic N) is 3. The van der Waals surface area contributed by atoms with Crippen LogP contribution >= 0.6 is 0 Å². The lowest BCUT2D eigenvalue weighted by Crippen LogP contribution is -2.34. The fourth-order valence-electron chi connectivity index (χ4n) is 3.63. The fourth-order valence-corrected chi connectivity index (χ4v) is 3.63. The molecule has 2 aliphatic heterocycles. The average molecular weight is 335 g/mol. The van der Waals surface area contributed by atoms with Gasteiger partial charge >= 0.3 is 0 Å². The van der Waals surface area contributed by atoms with Crippen LogP contribution in [0.4, 0.5) is 5.69 Å². The Balaban J connectivity index is 1.49. The molecule has 4 rings (SSSR count). The van der Waals surface area contributed by atoms with Crippen LogP contribution in [-0.2, 0) is 22.7 Å². The van der Waals surface area contributed by atoms with E-state index < -0.39 is 0 Å². The molecule has 0 aliphatic carbocycles. The third-order valence-corrected chi connectivity index (χ3v) is 5.27. The minimum Gasteiger partial charge on any atom is -0.332 e. The molecule has 1 atom stereocenters. The van der Waals surface area contributed by atoms with Crippen LogP contribution in [0, 0.1) is 19.8 Å². The molecule has 1 aromatic carbocycles. The van der Waals surface area contributed by atoms with Crippen molar-refractivity contribution in [2.45, 2.75) is 33.4 Å². The van der Waals surface area contributed by atoms with Gasteiger partial charge in [0.15, 0.2) is 0 Å². The number of hydrogen-bond acceptors (Lipinski definition) is 3. The number of aryl methyl sites for hydroxylation is 2. The highest BCUT2D eigenvalue weighted by molar-refractivity contribution is 6.00. The number of carbonyl (C=O) groups excluding carboxylic acids is 2. The predicted molar refractivity (Wildman–Crippen MR) is 94.9 cm³/mol. The highest BCUT2D eigenvalue weighted by Crippen LogP contribution is 2.30. The molecule has 1 aromatic heterocycles. The van der Waals surface area contributed by atoms with E-state index in [0.717, 1.165) is 22.5 Å². The maximum Gasteiger partial charge on any atom is 0.228 e. The van der Waals surface area contributed by atoms with Gasteiger partial charge in [0.05, 0.1) is 18.2 Å². The van der Waals surface area contributed by atoms with Crippen LogP contribution in [0.3, 0.4) is 0 Å². The van der Waals surface area contributed by atoms with Crippen molar-refractivity contribution in [1.29, 1.82) is 0 Å². The highest BCUT2D eigenvalue weighted by atomic mass is 16.2. The van der Waals surface area contributed by atoms with E-state index in [2.05, 4.69) is 11.9 Å². The standard InChI is InChI=1S/C20H21N3O2/c1-13-5-6-17(8-14(13)2)23-11-16(9-19(23)24)20(25)22-10-15-4-3-7-21-18(15)12-22/h3-8,16H,9-12H2,1-2H3. The van der Waals surface area contributed by atoms with E-state index in [1.54, 1.807) is 11.1 Å². The van der Waals surface area contributed by atoms with Gasteiger partial charge in [-0.15, -0.1) is 0 Å². The molecular formula is C20H21N3O2. The van der Waals surface area contributed by atoms with Gasteiger partial charge in [-0.2, -0.15) is 0 Å². The molecule has 5 heteroatoms. The zero-order chi connectivity index (χ0) is 17.6. The first-order valence-corrected chi connectivity index (χ1v) is 8.62. The van der Waals surface area contributed by atoms with Crippen molar-refractivity contribution in [3.8, 4) is 0 Å². The van der Waals surface area contributed by atoms with Gasteiger partial charge in [0, 0.05) is 31.4 Å². The summed E-state index contributed by atoms with van der Waals surface area (Å²) >= 11 is 0. The zero-order valence-corrected chi connectivity index (χ0v) is 14.5. The first-order valence-electron chi connectivity index (χ1n) is 8.62. The molecule has 1 saturated heterocycles. The molecule has 128 valence electrons. The van der Waals surface area contributed by atoms with Crippen molar-refractivity contribution in [2.75, 3.05) is 11.4 Å². The summed E-state index contributed by atoms with van der Waals surface area (Å²) in [6.45, 7) is 5.69. The van der Waals surface area contributed by atoms with E-state index in [1.807, 2.05) is 42.2 Å². The van der Waals surface area contributed by atoms with Gasteiger partial charge in [-0.3, -0.25) is 14.6 Å². The lowest BCUT2D eigenvalue weighted by molar-refractivity contribution is -0.136. The first-order chi connectivity index (χ1) is 12.0. The number of amides is 2. The highest BCUT2D eigenvalue weighted by Gasteiger charge is 2.38. The number of pyridine rings is 1. The minimum atomic E-state index is -0.275. The van der Waals surface area contributed by atoms with Crippen LogP contribution < -0.4 is 4.90 Å². The fraction of sp³-hybridized carbons (Fsp3) is 0.350. The Morgan fingerprint density at radius 3 is 2.76 bits per heavy atom. The average Bonchev–Trinajstić information content (AvgIpc) is 3.20. The van der Waals surface area contributed by atoms with Crippen molar-refractivity contribution in [2.24, 2.45) is 5.92 Å². The van der Waals surface area contributed by atoms with Crippen molar-refractivity contribution in [3.63, 3.8) is 0 Å². The summed E-state index contributed by atoms with van der Waals surface area (Å²) in [5, 5.41) is 0. The van der Waals surface area contributed by atoms with Gasteiger partial charge < -0.3 is 9.80 Å². The van der Waals surface area contributed by atoms with E-state index in [9.17, 15) is 9.59 Å². The Labute approximate surface area is 147 Å². The molecule has 1 fully saturated rings. The summed E-state index contributed by atoms with van der Waals surface area (Å²) < 4.78 is 0. The molecule has 1 unspecified atom stereocenters. The molecule has 0 spiro atoms. The second-order valence-electron chi connectivity index (χ2n) is 6.98. The van der Waals surface area contributed by atoms with Crippen molar-refractivity contribution >= 4 is 17.5 Å². The molecule has 0 bridgehead atoms. The Morgan fingerprint density at radius 1 is 1.16 bits per heavy atom. The van der Waals surface area contributed by atoms with Crippen LogP contribution in [0.5, 0.6) is 0 Å². The Kier molecular flexibility index (Phi) is 3.79. The third kappa shape index (κ3) is 2.80. The van der Waals surface area contributed by atoms with Crippen molar-refractivity contribution in [1.82, 2.24) is 9.88 Å². The van der Waals surface area contributed by atoms with E-state index in [4.69, 9.17) is 0 Å². The van der Waals surface area contributed by atoms with Crippen LogP contribution in [0.2, 0.25) is 0 Å². The molecule has 5 nitrogen and oxygen atoms in total. The Hall–Kier alpha value is -2.69. The molecule has 25 heavy (non-hydrogen) atoms. The number of fused-ring (bicyclic) bond motifs is 1. The summed E-state index contributed by atoms with van der Waals surface area (Å²) in [7, 11) is 0. The molecule has 2 aliphatic rings. The number of aromatic nitrogens is 1.